The standard InChI is InChI=1S/C11H18N2O5/c1-18-7-3-8(12-4-7)10(15)13-5-6(14)2-9(13)11(16)17/h6-9,12,14H,2-5H2,1H3,(H,16,17)/t6-,7?,8?,9-/m1/s1. The van der Waals surface area contributed by atoms with Crippen LogP contribution in [0.1, 0.15) is 12.8 Å². The molecule has 2 fully saturated rings. The van der Waals surface area contributed by atoms with Crippen LogP contribution in [-0.2, 0) is 14.3 Å². The number of aliphatic hydroxyl groups excluding tert-OH is 1. The number of rotatable bonds is 3. The van der Waals surface area contributed by atoms with Crippen molar-refractivity contribution in [1.29, 1.82) is 0 Å². The molecule has 2 aliphatic heterocycles. The molecule has 0 aromatic rings. The molecule has 2 aliphatic rings. The summed E-state index contributed by atoms with van der Waals surface area (Å²) in [5.41, 5.74) is 0. The number of nitrogens with one attached hydrogen (secondary N) is 1. The summed E-state index contributed by atoms with van der Waals surface area (Å²) in [5.74, 6) is -1.33. The number of ether oxygens (including phenoxy) is 1. The van der Waals surface area contributed by atoms with E-state index in [-0.39, 0.29) is 25.0 Å². The van der Waals surface area contributed by atoms with E-state index >= 15 is 0 Å². The SMILES string of the molecule is COC1CNC(C(=O)N2C[C@H](O)C[C@@H]2C(=O)O)C1. The van der Waals surface area contributed by atoms with Crippen molar-refractivity contribution in [2.24, 2.45) is 0 Å². The van der Waals surface area contributed by atoms with Crippen LogP contribution in [0.15, 0.2) is 0 Å². The van der Waals surface area contributed by atoms with E-state index in [1.165, 1.54) is 4.90 Å². The van der Waals surface area contributed by atoms with Crippen molar-refractivity contribution in [2.45, 2.75) is 37.1 Å². The molecule has 0 radical (unpaired) electrons. The van der Waals surface area contributed by atoms with Crippen LogP contribution in [0.4, 0.5) is 0 Å². The van der Waals surface area contributed by atoms with Gasteiger partial charge in [-0.05, 0) is 6.42 Å². The number of likely N-dealkylation sites (tertiary alicyclic amines) is 1. The first-order valence-electron chi connectivity index (χ1n) is 6.00. The molecule has 0 saturated carbocycles. The molecular weight excluding hydrogens is 240 g/mol. The normalized spacial score (nSPS) is 36.0. The summed E-state index contributed by atoms with van der Waals surface area (Å²) in [6, 6.07) is -1.34. The third-order valence-corrected chi connectivity index (χ3v) is 3.57. The Kier molecular flexibility index (Phi) is 3.84. The number of β-amino-alcohol motifs (C(OH)–C–C–N with tert-alkyl or cyclic N) is 1. The summed E-state index contributed by atoms with van der Waals surface area (Å²) in [6.07, 6.45) is -0.139. The zero-order chi connectivity index (χ0) is 13.3. The summed E-state index contributed by atoms with van der Waals surface area (Å²) < 4.78 is 5.15. The zero-order valence-corrected chi connectivity index (χ0v) is 10.2. The number of carboxylic acid groups (broad SMARTS) is 1. The first-order valence-corrected chi connectivity index (χ1v) is 6.00. The highest BCUT2D eigenvalue weighted by Crippen LogP contribution is 2.21. The number of aliphatic hydroxyl groups is 1. The van der Waals surface area contributed by atoms with Crippen molar-refractivity contribution in [2.75, 3.05) is 20.2 Å². The minimum atomic E-state index is -1.07. The molecule has 2 heterocycles. The van der Waals surface area contributed by atoms with Crippen molar-refractivity contribution in [3.8, 4) is 0 Å². The molecule has 2 saturated heterocycles. The maximum atomic E-state index is 12.2. The van der Waals surface area contributed by atoms with Crippen LogP contribution in [0.25, 0.3) is 0 Å². The first-order chi connectivity index (χ1) is 8.52. The van der Waals surface area contributed by atoms with Crippen molar-refractivity contribution in [1.82, 2.24) is 10.2 Å². The minimum Gasteiger partial charge on any atom is -0.480 e. The van der Waals surface area contributed by atoms with E-state index in [2.05, 4.69) is 5.32 Å². The van der Waals surface area contributed by atoms with Gasteiger partial charge in [-0.25, -0.2) is 4.79 Å². The number of carbonyl (C=O) groups excluding carboxylic acids is 1. The van der Waals surface area contributed by atoms with Gasteiger partial charge < -0.3 is 25.2 Å². The summed E-state index contributed by atoms with van der Waals surface area (Å²) >= 11 is 0. The highest BCUT2D eigenvalue weighted by Gasteiger charge is 2.42. The molecule has 0 aromatic carbocycles. The van der Waals surface area contributed by atoms with Crippen LogP contribution in [0.5, 0.6) is 0 Å². The summed E-state index contributed by atoms with van der Waals surface area (Å²) in [5, 5.41) is 21.6. The Morgan fingerprint density at radius 3 is 2.67 bits per heavy atom. The minimum absolute atomic E-state index is 0.0187. The Hall–Kier alpha value is -1.18. The van der Waals surface area contributed by atoms with Crippen LogP contribution >= 0.6 is 0 Å². The number of hydrogen-bond donors (Lipinski definition) is 3. The van der Waals surface area contributed by atoms with Crippen LogP contribution in [0.3, 0.4) is 0 Å². The van der Waals surface area contributed by atoms with E-state index < -0.39 is 24.2 Å². The molecular formula is C11H18N2O5. The molecule has 0 bridgehead atoms. The number of methoxy groups -OCH3 is 1. The largest absolute Gasteiger partial charge is 0.480 e. The molecule has 7 nitrogen and oxygen atoms in total. The van der Waals surface area contributed by atoms with Gasteiger partial charge in [-0.15, -0.1) is 0 Å². The van der Waals surface area contributed by atoms with Gasteiger partial charge in [0.25, 0.3) is 0 Å². The molecule has 102 valence electrons. The Labute approximate surface area is 105 Å². The maximum absolute atomic E-state index is 12.2. The summed E-state index contributed by atoms with van der Waals surface area (Å²) in [7, 11) is 1.58. The fraction of sp³-hybridized carbons (Fsp3) is 0.818. The van der Waals surface area contributed by atoms with E-state index in [1.807, 2.05) is 0 Å². The molecule has 2 unspecified atom stereocenters. The lowest BCUT2D eigenvalue weighted by molar-refractivity contribution is -0.148. The first kappa shape index (κ1) is 13.3. The Balaban J connectivity index is 2.02. The lowest BCUT2D eigenvalue weighted by Gasteiger charge is -2.24. The van der Waals surface area contributed by atoms with Gasteiger partial charge in [0.2, 0.25) is 5.91 Å². The molecule has 18 heavy (non-hydrogen) atoms. The highest BCUT2D eigenvalue weighted by atomic mass is 16.5. The monoisotopic (exact) mass is 258 g/mol. The number of carboxylic acids is 1. The van der Waals surface area contributed by atoms with E-state index in [0.29, 0.717) is 13.0 Å². The lowest BCUT2D eigenvalue weighted by atomic mass is 10.1. The Morgan fingerprint density at radius 1 is 1.39 bits per heavy atom. The van der Waals surface area contributed by atoms with Gasteiger partial charge in [-0.3, -0.25) is 4.79 Å². The number of nitrogens with zero attached hydrogens (tertiary/aromatic N) is 1. The topological polar surface area (TPSA) is 99.1 Å². The second-order valence-corrected chi connectivity index (χ2v) is 4.79. The smallest absolute Gasteiger partial charge is 0.326 e. The van der Waals surface area contributed by atoms with Crippen molar-refractivity contribution < 1.29 is 24.5 Å². The molecule has 2 rings (SSSR count). The molecule has 7 heteroatoms. The molecule has 0 aliphatic carbocycles. The molecule has 1 amide bonds. The van der Waals surface area contributed by atoms with Gasteiger partial charge in [0, 0.05) is 26.6 Å². The second-order valence-electron chi connectivity index (χ2n) is 4.79. The number of aliphatic carboxylic acids is 1. The van der Waals surface area contributed by atoms with Crippen LogP contribution in [0, 0.1) is 0 Å². The Bertz CT molecular complexity index is 348. The van der Waals surface area contributed by atoms with E-state index in [1.54, 1.807) is 7.11 Å². The van der Waals surface area contributed by atoms with Crippen molar-refractivity contribution >= 4 is 11.9 Å². The number of carbonyl (C=O) groups is 2. The lowest BCUT2D eigenvalue weighted by Crippen LogP contribution is -2.48. The van der Waals surface area contributed by atoms with Gasteiger partial charge in [0.1, 0.15) is 6.04 Å². The summed E-state index contributed by atoms with van der Waals surface area (Å²) in [6.45, 7) is 0.673. The third-order valence-electron chi connectivity index (χ3n) is 3.57. The highest BCUT2D eigenvalue weighted by molar-refractivity contribution is 5.88. The van der Waals surface area contributed by atoms with E-state index in [0.717, 1.165) is 0 Å². The quantitative estimate of drug-likeness (QED) is 0.564. The zero-order valence-electron chi connectivity index (χ0n) is 10.2. The maximum Gasteiger partial charge on any atom is 0.326 e. The van der Waals surface area contributed by atoms with Gasteiger partial charge in [-0.1, -0.05) is 0 Å². The molecule has 0 aromatic heterocycles. The molecule has 0 spiro atoms. The molecule has 3 N–H and O–H groups in total. The summed E-state index contributed by atoms with van der Waals surface area (Å²) in [4.78, 5) is 24.5. The number of amides is 1. The predicted molar refractivity (Wildman–Crippen MR) is 61.0 cm³/mol. The van der Waals surface area contributed by atoms with E-state index in [9.17, 15) is 14.7 Å². The van der Waals surface area contributed by atoms with Gasteiger partial charge in [0.05, 0.1) is 18.2 Å². The average Bonchev–Trinajstić information content (AvgIpc) is 2.94. The fourth-order valence-corrected chi connectivity index (χ4v) is 2.56. The van der Waals surface area contributed by atoms with Crippen molar-refractivity contribution in [3.05, 3.63) is 0 Å². The Morgan fingerprint density at radius 2 is 2.11 bits per heavy atom. The number of hydrogen-bond acceptors (Lipinski definition) is 5. The third kappa shape index (κ3) is 2.47. The van der Waals surface area contributed by atoms with Gasteiger partial charge in [-0.2, -0.15) is 0 Å². The van der Waals surface area contributed by atoms with Crippen molar-refractivity contribution in [3.63, 3.8) is 0 Å². The van der Waals surface area contributed by atoms with E-state index in [4.69, 9.17) is 9.84 Å². The predicted octanol–water partition coefficient (Wildman–Crippen LogP) is -1.59. The average molecular weight is 258 g/mol. The van der Waals surface area contributed by atoms with Gasteiger partial charge >= 0.3 is 5.97 Å². The fourth-order valence-electron chi connectivity index (χ4n) is 2.56. The van der Waals surface area contributed by atoms with Gasteiger partial charge in [0.15, 0.2) is 0 Å². The molecule has 4 atom stereocenters. The van der Waals surface area contributed by atoms with Crippen LogP contribution in [-0.4, -0.2) is 71.5 Å². The second kappa shape index (κ2) is 5.21. The van der Waals surface area contributed by atoms with Crippen LogP contribution < -0.4 is 5.32 Å². The van der Waals surface area contributed by atoms with Crippen LogP contribution in [0.2, 0.25) is 0 Å².